The van der Waals surface area contributed by atoms with Crippen molar-refractivity contribution in [3.8, 4) is 0 Å². The van der Waals surface area contributed by atoms with Gasteiger partial charge in [-0.15, -0.1) is 11.6 Å². The van der Waals surface area contributed by atoms with Crippen molar-refractivity contribution in [3.63, 3.8) is 0 Å². The van der Waals surface area contributed by atoms with E-state index in [1.165, 1.54) is 7.05 Å². The normalized spacial score (nSPS) is 16.1. The van der Waals surface area contributed by atoms with Gasteiger partial charge in [0.15, 0.2) is 11.6 Å². The van der Waals surface area contributed by atoms with Crippen molar-refractivity contribution in [3.05, 3.63) is 29.3 Å². The van der Waals surface area contributed by atoms with E-state index < -0.39 is 26.6 Å². The number of halogens is 3. The zero-order valence-corrected chi connectivity index (χ0v) is 11.9. The lowest BCUT2D eigenvalue weighted by atomic mass is 10.2. The van der Waals surface area contributed by atoms with Crippen LogP contribution < -0.4 is 0 Å². The summed E-state index contributed by atoms with van der Waals surface area (Å²) < 4.78 is 52.6. The summed E-state index contributed by atoms with van der Waals surface area (Å²) in [7, 11) is -2.65. The summed E-state index contributed by atoms with van der Waals surface area (Å²) in [6, 6.07) is 1.99. The molecule has 106 valence electrons. The Kier molecular flexibility index (Phi) is 4.13. The van der Waals surface area contributed by atoms with Crippen molar-refractivity contribution >= 4 is 21.6 Å². The largest absolute Gasteiger partial charge is 0.245 e. The number of hydrogen-bond acceptors (Lipinski definition) is 2. The molecule has 19 heavy (non-hydrogen) atoms. The molecular formula is C12H14ClF2NO2S. The van der Waals surface area contributed by atoms with Gasteiger partial charge in [0.25, 0.3) is 0 Å². The maximum absolute atomic E-state index is 13.7. The molecule has 0 radical (unpaired) electrons. The van der Waals surface area contributed by atoms with E-state index in [2.05, 4.69) is 0 Å². The van der Waals surface area contributed by atoms with Crippen LogP contribution in [0.1, 0.15) is 18.4 Å². The highest BCUT2D eigenvalue weighted by atomic mass is 35.5. The molecule has 2 rings (SSSR count). The van der Waals surface area contributed by atoms with Crippen LogP contribution in [0.4, 0.5) is 8.78 Å². The molecule has 1 aromatic carbocycles. The number of benzene rings is 1. The maximum atomic E-state index is 13.7. The quantitative estimate of drug-likeness (QED) is 0.784. The van der Waals surface area contributed by atoms with E-state index in [9.17, 15) is 17.2 Å². The van der Waals surface area contributed by atoms with Crippen LogP contribution in [0.15, 0.2) is 17.0 Å². The lowest BCUT2D eigenvalue weighted by Crippen LogP contribution is -2.30. The zero-order valence-electron chi connectivity index (χ0n) is 10.4. The smallest absolute Gasteiger partial charge is 0.207 e. The molecule has 1 saturated carbocycles. The Bertz CT molecular complexity index is 588. The van der Waals surface area contributed by atoms with Gasteiger partial charge in [-0.25, -0.2) is 21.5 Å². The summed E-state index contributed by atoms with van der Waals surface area (Å²) in [5.74, 6) is -2.30. The van der Waals surface area contributed by atoms with Crippen molar-refractivity contribution in [2.45, 2.75) is 23.6 Å². The highest BCUT2D eigenvalue weighted by Crippen LogP contribution is 2.31. The van der Waals surface area contributed by atoms with Crippen LogP contribution in [0.25, 0.3) is 0 Å². The average molecular weight is 310 g/mol. The Labute approximate surface area is 116 Å². The Morgan fingerprint density at radius 3 is 2.53 bits per heavy atom. The first-order valence-electron chi connectivity index (χ1n) is 5.86. The van der Waals surface area contributed by atoms with Gasteiger partial charge in [-0.1, -0.05) is 0 Å². The van der Waals surface area contributed by atoms with E-state index in [0.29, 0.717) is 12.5 Å². The maximum Gasteiger partial charge on any atom is 0.245 e. The first-order chi connectivity index (χ1) is 8.86. The van der Waals surface area contributed by atoms with Crippen molar-refractivity contribution in [2.24, 2.45) is 5.92 Å². The van der Waals surface area contributed by atoms with Crippen molar-refractivity contribution < 1.29 is 17.2 Å². The molecule has 7 heteroatoms. The Morgan fingerprint density at radius 1 is 1.37 bits per heavy atom. The van der Waals surface area contributed by atoms with Crippen LogP contribution in [0, 0.1) is 17.6 Å². The number of nitrogens with zero attached hydrogens (tertiary/aromatic N) is 1. The summed E-state index contributed by atoms with van der Waals surface area (Å²) in [5.41, 5.74) is 0.235. The van der Waals surface area contributed by atoms with E-state index in [4.69, 9.17) is 11.6 Å². The molecule has 0 unspecified atom stereocenters. The summed E-state index contributed by atoms with van der Waals surface area (Å²) in [6.45, 7) is 0.328. The number of rotatable bonds is 5. The Morgan fingerprint density at radius 2 is 2.00 bits per heavy atom. The van der Waals surface area contributed by atoms with Crippen molar-refractivity contribution in [1.29, 1.82) is 0 Å². The molecule has 0 aliphatic heterocycles. The predicted molar refractivity (Wildman–Crippen MR) is 68.5 cm³/mol. The minimum absolute atomic E-state index is 0.0773. The Hall–Kier alpha value is -0.720. The second kappa shape index (κ2) is 5.34. The van der Waals surface area contributed by atoms with Crippen LogP contribution in [0.3, 0.4) is 0 Å². The van der Waals surface area contributed by atoms with E-state index in [0.717, 1.165) is 29.3 Å². The monoisotopic (exact) mass is 309 g/mol. The highest BCUT2D eigenvalue weighted by molar-refractivity contribution is 7.89. The molecule has 0 amide bonds. The van der Waals surface area contributed by atoms with Crippen LogP contribution in [0.2, 0.25) is 0 Å². The van der Waals surface area contributed by atoms with Gasteiger partial charge < -0.3 is 0 Å². The van der Waals surface area contributed by atoms with E-state index in [1.807, 2.05) is 0 Å². The minimum atomic E-state index is -4.02. The van der Waals surface area contributed by atoms with Crippen LogP contribution >= 0.6 is 11.6 Å². The topological polar surface area (TPSA) is 37.4 Å². The van der Waals surface area contributed by atoms with Crippen LogP contribution in [0.5, 0.6) is 0 Å². The van der Waals surface area contributed by atoms with Gasteiger partial charge in [-0.05, 0) is 36.5 Å². The second-order valence-electron chi connectivity index (χ2n) is 4.75. The molecular weight excluding hydrogens is 296 g/mol. The lowest BCUT2D eigenvalue weighted by molar-refractivity contribution is 0.438. The third-order valence-corrected chi connectivity index (χ3v) is 5.24. The summed E-state index contributed by atoms with van der Waals surface area (Å²) in [4.78, 5) is -0.647. The van der Waals surface area contributed by atoms with Gasteiger partial charge in [0.05, 0.1) is 0 Å². The fourth-order valence-electron chi connectivity index (χ4n) is 1.81. The lowest BCUT2D eigenvalue weighted by Gasteiger charge is -2.18. The van der Waals surface area contributed by atoms with E-state index >= 15 is 0 Å². The molecule has 1 aromatic rings. The summed E-state index contributed by atoms with van der Waals surface area (Å²) >= 11 is 5.55. The van der Waals surface area contributed by atoms with E-state index in [-0.39, 0.29) is 11.4 Å². The van der Waals surface area contributed by atoms with Gasteiger partial charge in [0.1, 0.15) is 4.90 Å². The number of sulfonamides is 1. The molecule has 0 aromatic heterocycles. The molecule has 0 spiro atoms. The minimum Gasteiger partial charge on any atom is -0.207 e. The first kappa shape index (κ1) is 14.7. The van der Waals surface area contributed by atoms with Crippen LogP contribution in [-0.2, 0) is 15.9 Å². The molecule has 0 N–H and O–H groups in total. The van der Waals surface area contributed by atoms with E-state index in [1.54, 1.807) is 0 Å². The van der Waals surface area contributed by atoms with Crippen molar-refractivity contribution in [1.82, 2.24) is 4.31 Å². The third-order valence-electron chi connectivity index (χ3n) is 3.11. The molecule has 0 heterocycles. The third kappa shape index (κ3) is 3.07. The molecule has 1 aliphatic rings. The van der Waals surface area contributed by atoms with Crippen molar-refractivity contribution in [2.75, 3.05) is 13.6 Å². The fraction of sp³-hybridized carbons (Fsp3) is 0.500. The molecule has 3 nitrogen and oxygen atoms in total. The number of alkyl halides is 1. The number of hydrogen-bond donors (Lipinski definition) is 0. The summed E-state index contributed by atoms with van der Waals surface area (Å²) in [6.07, 6.45) is 1.94. The van der Waals surface area contributed by atoms with Gasteiger partial charge in [-0.2, -0.15) is 0 Å². The average Bonchev–Trinajstić information content (AvgIpc) is 3.15. The molecule has 1 fully saturated rings. The molecule has 0 bridgehead atoms. The molecule has 0 atom stereocenters. The second-order valence-corrected chi connectivity index (χ2v) is 7.03. The highest BCUT2D eigenvalue weighted by Gasteiger charge is 2.31. The zero-order chi connectivity index (χ0) is 14.2. The standard InChI is InChI=1S/C12H14ClF2NO2S/c1-16(7-8-2-3-8)19(17,18)11-5-9(6-13)4-10(14)12(11)15/h4-5,8H,2-3,6-7H2,1H3. The molecule has 1 aliphatic carbocycles. The van der Waals surface area contributed by atoms with Gasteiger partial charge in [0, 0.05) is 19.5 Å². The fourth-order valence-corrected chi connectivity index (χ4v) is 3.33. The van der Waals surface area contributed by atoms with Gasteiger partial charge >= 0.3 is 0 Å². The summed E-state index contributed by atoms with van der Waals surface area (Å²) in [5, 5.41) is 0. The molecule has 0 saturated heterocycles. The van der Waals surface area contributed by atoms with Gasteiger partial charge in [0.2, 0.25) is 10.0 Å². The van der Waals surface area contributed by atoms with Gasteiger partial charge in [-0.3, -0.25) is 0 Å². The SMILES string of the molecule is CN(CC1CC1)S(=O)(=O)c1cc(CCl)cc(F)c1F. The first-order valence-corrected chi connectivity index (χ1v) is 7.84. The Balaban J connectivity index is 2.40. The van der Waals surface area contributed by atoms with Crippen LogP contribution in [-0.4, -0.2) is 26.3 Å². The predicted octanol–water partition coefficient (Wildman–Crippen LogP) is 2.73.